The number of unbranched alkanes of at least 4 members (excludes halogenated alkanes) is 1. The zero-order chi connectivity index (χ0) is 11.3. The summed E-state index contributed by atoms with van der Waals surface area (Å²) in [5, 5.41) is 0.785. The van der Waals surface area contributed by atoms with E-state index in [1.165, 1.54) is 0 Å². The normalized spacial score (nSPS) is 12.5. The van der Waals surface area contributed by atoms with Gasteiger partial charge < -0.3 is 5.73 Å². The summed E-state index contributed by atoms with van der Waals surface area (Å²) in [5.41, 5.74) is 7.17. The summed E-state index contributed by atoms with van der Waals surface area (Å²) in [7, 11) is 0. The minimum atomic E-state index is 0.0828. The van der Waals surface area contributed by atoms with Gasteiger partial charge in [-0.05, 0) is 59.5 Å². The lowest BCUT2D eigenvalue weighted by Crippen LogP contribution is -2.10. The summed E-state index contributed by atoms with van der Waals surface area (Å²) >= 11 is 8.25. The van der Waals surface area contributed by atoms with Crippen LogP contribution in [0.5, 0.6) is 0 Å². The molecule has 0 radical (unpaired) electrons. The summed E-state index contributed by atoms with van der Waals surface area (Å²) in [6, 6.07) is 6.10. The Hall–Kier alpha value is -0.0600. The van der Waals surface area contributed by atoms with Crippen molar-refractivity contribution >= 4 is 34.2 Å². The van der Waals surface area contributed by atoms with Gasteiger partial charge in [-0.2, -0.15) is 0 Å². The third kappa shape index (κ3) is 4.13. The van der Waals surface area contributed by atoms with Gasteiger partial charge in [0, 0.05) is 9.61 Å². The molecule has 0 fully saturated rings. The van der Waals surface area contributed by atoms with Crippen LogP contribution in [0.2, 0.25) is 5.02 Å². The Balaban J connectivity index is 2.61. The maximum atomic E-state index is 6.06. The zero-order valence-corrected chi connectivity index (χ0v) is 11.5. The van der Waals surface area contributed by atoms with Crippen LogP contribution in [0.15, 0.2) is 30.9 Å². The number of hydrogen-bond acceptors (Lipinski definition) is 1. The molecule has 1 unspecified atom stereocenters. The molecule has 0 aliphatic carbocycles. The Morgan fingerprint density at radius 2 is 2.27 bits per heavy atom. The van der Waals surface area contributed by atoms with Crippen LogP contribution in [-0.2, 0) is 0 Å². The number of halogens is 2. The molecular weight excluding hydrogens is 320 g/mol. The molecule has 2 N–H and O–H groups in total. The topological polar surface area (TPSA) is 26.0 Å². The first-order chi connectivity index (χ1) is 7.15. The molecule has 0 saturated heterocycles. The molecule has 0 aliphatic heterocycles. The van der Waals surface area contributed by atoms with Gasteiger partial charge in [0.05, 0.1) is 5.02 Å². The van der Waals surface area contributed by atoms with Crippen molar-refractivity contribution in [2.24, 2.45) is 5.73 Å². The van der Waals surface area contributed by atoms with E-state index >= 15 is 0 Å². The average Bonchev–Trinajstić information content (AvgIpc) is 2.22. The molecule has 1 nitrogen and oxygen atoms in total. The van der Waals surface area contributed by atoms with Crippen LogP contribution in [0.3, 0.4) is 0 Å². The number of hydrogen-bond donors (Lipinski definition) is 1. The second-order valence-corrected chi connectivity index (χ2v) is 5.07. The Labute approximate surface area is 110 Å². The molecule has 1 rings (SSSR count). The molecule has 1 aromatic rings. The van der Waals surface area contributed by atoms with Crippen LogP contribution in [-0.4, -0.2) is 0 Å². The molecule has 1 aromatic carbocycles. The highest BCUT2D eigenvalue weighted by Gasteiger charge is 2.07. The third-order valence-corrected chi connectivity index (χ3v) is 3.87. The molecule has 0 spiro atoms. The van der Waals surface area contributed by atoms with Crippen molar-refractivity contribution in [3.63, 3.8) is 0 Å². The molecule has 0 aliphatic rings. The lowest BCUT2D eigenvalue weighted by Gasteiger charge is -2.12. The first-order valence-electron chi connectivity index (χ1n) is 4.96. The van der Waals surface area contributed by atoms with E-state index in [9.17, 15) is 0 Å². The van der Waals surface area contributed by atoms with Gasteiger partial charge in [-0.3, -0.25) is 0 Å². The number of rotatable bonds is 5. The van der Waals surface area contributed by atoms with E-state index < -0.39 is 0 Å². The van der Waals surface area contributed by atoms with Gasteiger partial charge in [-0.25, -0.2) is 0 Å². The Morgan fingerprint density at radius 1 is 1.53 bits per heavy atom. The fourth-order valence-electron chi connectivity index (χ4n) is 1.39. The molecule has 0 amide bonds. The maximum Gasteiger partial charge on any atom is 0.0542 e. The average molecular weight is 336 g/mol. The van der Waals surface area contributed by atoms with Crippen molar-refractivity contribution in [2.75, 3.05) is 0 Å². The van der Waals surface area contributed by atoms with Crippen LogP contribution in [0, 0.1) is 3.57 Å². The molecule has 3 heteroatoms. The van der Waals surface area contributed by atoms with Crippen molar-refractivity contribution in [3.05, 3.63) is 45.0 Å². The first kappa shape index (κ1) is 13.0. The highest BCUT2D eigenvalue weighted by Crippen LogP contribution is 2.24. The summed E-state index contributed by atoms with van der Waals surface area (Å²) in [6.45, 7) is 3.69. The van der Waals surface area contributed by atoms with Crippen molar-refractivity contribution in [3.8, 4) is 0 Å². The second kappa shape index (κ2) is 6.51. The van der Waals surface area contributed by atoms with Gasteiger partial charge in [-0.1, -0.05) is 23.7 Å². The Kier molecular flexibility index (Phi) is 5.64. The lowest BCUT2D eigenvalue weighted by molar-refractivity contribution is 0.617. The molecule has 82 valence electrons. The predicted octanol–water partition coefficient (Wildman–Crippen LogP) is 4.30. The second-order valence-electron chi connectivity index (χ2n) is 3.50. The van der Waals surface area contributed by atoms with Crippen LogP contribution in [0.1, 0.15) is 30.9 Å². The zero-order valence-electron chi connectivity index (χ0n) is 8.55. The van der Waals surface area contributed by atoms with Crippen LogP contribution >= 0.6 is 34.2 Å². The van der Waals surface area contributed by atoms with E-state index in [4.69, 9.17) is 17.3 Å². The van der Waals surface area contributed by atoms with E-state index in [0.717, 1.165) is 33.4 Å². The number of nitrogens with two attached hydrogens (primary N) is 1. The van der Waals surface area contributed by atoms with E-state index in [1.807, 2.05) is 24.3 Å². The van der Waals surface area contributed by atoms with Gasteiger partial charge in [0.1, 0.15) is 0 Å². The van der Waals surface area contributed by atoms with Crippen LogP contribution in [0.4, 0.5) is 0 Å². The molecular formula is C12H15ClIN. The smallest absolute Gasteiger partial charge is 0.0542 e. The first-order valence-corrected chi connectivity index (χ1v) is 6.42. The van der Waals surface area contributed by atoms with E-state index in [0.29, 0.717) is 0 Å². The fourth-order valence-corrected chi connectivity index (χ4v) is 1.92. The molecule has 0 bridgehead atoms. The van der Waals surface area contributed by atoms with Crippen LogP contribution < -0.4 is 5.73 Å². The summed E-state index contributed by atoms with van der Waals surface area (Å²) in [5.74, 6) is 0. The van der Waals surface area contributed by atoms with Gasteiger partial charge in [0.15, 0.2) is 0 Å². The molecule has 0 heterocycles. The SMILES string of the molecule is C=CCCCC(N)c1ccc(I)c(Cl)c1. The Morgan fingerprint density at radius 3 is 2.87 bits per heavy atom. The summed E-state index contributed by atoms with van der Waals surface area (Å²) in [6.07, 6.45) is 5.00. The summed E-state index contributed by atoms with van der Waals surface area (Å²) in [4.78, 5) is 0. The third-order valence-electron chi connectivity index (χ3n) is 2.30. The fraction of sp³-hybridized carbons (Fsp3) is 0.333. The van der Waals surface area contributed by atoms with Gasteiger partial charge in [0.25, 0.3) is 0 Å². The van der Waals surface area contributed by atoms with Crippen LogP contribution in [0.25, 0.3) is 0 Å². The Bertz CT molecular complexity index is 338. The van der Waals surface area contributed by atoms with Crippen molar-refractivity contribution in [1.82, 2.24) is 0 Å². The number of benzene rings is 1. The van der Waals surface area contributed by atoms with Crippen molar-refractivity contribution in [2.45, 2.75) is 25.3 Å². The number of allylic oxidation sites excluding steroid dienone is 1. The van der Waals surface area contributed by atoms with Gasteiger partial charge >= 0.3 is 0 Å². The van der Waals surface area contributed by atoms with E-state index in [-0.39, 0.29) is 6.04 Å². The largest absolute Gasteiger partial charge is 0.324 e. The molecule has 0 aromatic heterocycles. The monoisotopic (exact) mass is 335 g/mol. The van der Waals surface area contributed by atoms with E-state index in [1.54, 1.807) is 0 Å². The highest BCUT2D eigenvalue weighted by atomic mass is 127. The van der Waals surface area contributed by atoms with Gasteiger partial charge in [-0.15, -0.1) is 6.58 Å². The van der Waals surface area contributed by atoms with Gasteiger partial charge in [0.2, 0.25) is 0 Å². The molecule has 1 atom stereocenters. The standard InChI is InChI=1S/C12H15ClIN/c1-2-3-4-5-12(15)9-6-7-11(14)10(13)8-9/h2,6-8,12H,1,3-5,15H2. The molecule has 15 heavy (non-hydrogen) atoms. The maximum absolute atomic E-state index is 6.06. The summed E-state index contributed by atoms with van der Waals surface area (Å²) < 4.78 is 1.07. The van der Waals surface area contributed by atoms with E-state index in [2.05, 4.69) is 29.2 Å². The minimum Gasteiger partial charge on any atom is -0.324 e. The van der Waals surface area contributed by atoms with Crippen molar-refractivity contribution < 1.29 is 0 Å². The quantitative estimate of drug-likeness (QED) is 0.484. The highest BCUT2D eigenvalue weighted by molar-refractivity contribution is 14.1. The minimum absolute atomic E-state index is 0.0828. The molecule has 0 saturated carbocycles. The van der Waals surface area contributed by atoms with Crippen molar-refractivity contribution in [1.29, 1.82) is 0 Å². The lowest BCUT2D eigenvalue weighted by atomic mass is 10.0. The predicted molar refractivity (Wildman–Crippen MR) is 75.1 cm³/mol.